The molecule has 0 amide bonds. The molecule has 0 spiro atoms. The predicted octanol–water partition coefficient (Wildman–Crippen LogP) is 15.6. The van der Waals surface area contributed by atoms with Crippen molar-refractivity contribution in [3.63, 3.8) is 0 Å². The lowest BCUT2D eigenvalue weighted by molar-refractivity contribution is 0.674. The summed E-state index contributed by atoms with van der Waals surface area (Å²) in [5, 5.41) is 6.97. The van der Waals surface area contributed by atoms with Crippen molar-refractivity contribution >= 4 is 81.3 Å². The number of hydrogen-bond donors (Lipinski definition) is 0. The number of rotatable bonds is 6. The molecule has 258 valence electrons. The molecule has 0 fully saturated rings. The van der Waals surface area contributed by atoms with Crippen LogP contribution >= 0.6 is 11.3 Å². The standard InChI is InChI=1S/C52H33NOS/c1-4-15-34(16-5-1)35-27-29-38(30-28-35)53(46-25-14-24-44-42-22-12-13-26-48(42)55-52(44)46)47-33-45-49-39(36-17-6-2-7-18-36)31-32-40(37-19-8-3-9-20-37)51(49)54-50(45)43-23-11-10-21-41(43)47/h1-33H. The number of fused-ring (bicyclic) bond motifs is 8. The minimum Gasteiger partial charge on any atom is -0.455 e. The summed E-state index contributed by atoms with van der Waals surface area (Å²) in [7, 11) is 0. The van der Waals surface area contributed by atoms with E-state index < -0.39 is 0 Å². The number of nitrogens with zero attached hydrogens (tertiary/aromatic N) is 1. The highest BCUT2D eigenvalue weighted by Crippen LogP contribution is 2.50. The molecular weight excluding hydrogens is 687 g/mol. The van der Waals surface area contributed by atoms with E-state index >= 15 is 0 Å². The van der Waals surface area contributed by atoms with Crippen LogP contribution in [0.25, 0.3) is 86.3 Å². The van der Waals surface area contributed by atoms with E-state index in [4.69, 9.17) is 4.42 Å². The molecule has 2 aromatic heterocycles. The smallest absolute Gasteiger partial charge is 0.143 e. The molecule has 0 radical (unpaired) electrons. The van der Waals surface area contributed by atoms with E-state index in [-0.39, 0.29) is 0 Å². The Kier molecular flexibility index (Phi) is 7.39. The van der Waals surface area contributed by atoms with E-state index in [1.54, 1.807) is 0 Å². The van der Waals surface area contributed by atoms with E-state index in [0.717, 1.165) is 72.0 Å². The molecule has 0 aliphatic heterocycles. The summed E-state index contributed by atoms with van der Waals surface area (Å²) >= 11 is 1.86. The molecule has 2 nitrogen and oxygen atoms in total. The zero-order valence-corrected chi connectivity index (χ0v) is 30.6. The second-order valence-corrected chi connectivity index (χ2v) is 15.1. The van der Waals surface area contributed by atoms with Gasteiger partial charge in [0.15, 0.2) is 0 Å². The second-order valence-electron chi connectivity index (χ2n) is 14.0. The zero-order valence-electron chi connectivity index (χ0n) is 29.8. The van der Waals surface area contributed by atoms with Crippen LogP contribution in [-0.2, 0) is 0 Å². The quantitative estimate of drug-likeness (QED) is 0.170. The van der Waals surface area contributed by atoms with Gasteiger partial charge >= 0.3 is 0 Å². The fourth-order valence-corrected chi connectivity index (χ4v) is 9.53. The van der Waals surface area contributed by atoms with Crippen molar-refractivity contribution in [2.24, 2.45) is 0 Å². The van der Waals surface area contributed by atoms with Crippen LogP contribution in [-0.4, -0.2) is 0 Å². The van der Waals surface area contributed by atoms with E-state index in [2.05, 4.69) is 205 Å². The van der Waals surface area contributed by atoms with Gasteiger partial charge in [0, 0.05) is 48.3 Å². The highest BCUT2D eigenvalue weighted by Gasteiger charge is 2.25. The first-order valence-corrected chi connectivity index (χ1v) is 19.5. The van der Waals surface area contributed by atoms with Crippen LogP contribution in [0, 0.1) is 0 Å². The van der Waals surface area contributed by atoms with Gasteiger partial charge < -0.3 is 9.32 Å². The third-order valence-electron chi connectivity index (χ3n) is 10.9. The Labute approximate surface area is 322 Å². The summed E-state index contributed by atoms with van der Waals surface area (Å²) in [6, 6.07) is 72.0. The molecule has 0 aliphatic carbocycles. The molecule has 0 saturated carbocycles. The van der Waals surface area contributed by atoms with Gasteiger partial charge in [-0.1, -0.05) is 164 Å². The Balaban J connectivity index is 1.25. The summed E-state index contributed by atoms with van der Waals surface area (Å²) in [5.74, 6) is 0. The van der Waals surface area contributed by atoms with Gasteiger partial charge in [-0.15, -0.1) is 11.3 Å². The minimum atomic E-state index is 0.898. The molecule has 0 saturated heterocycles. The third-order valence-corrected chi connectivity index (χ3v) is 12.1. The van der Waals surface area contributed by atoms with Gasteiger partial charge in [0.2, 0.25) is 0 Å². The van der Waals surface area contributed by atoms with Crippen LogP contribution in [0.4, 0.5) is 17.1 Å². The van der Waals surface area contributed by atoms with Crippen LogP contribution in [0.15, 0.2) is 205 Å². The van der Waals surface area contributed by atoms with Gasteiger partial charge in [-0.2, -0.15) is 0 Å². The van der Waals surface area contributed by atoms with Gasteiger partial charge in [0.05, 0.1) is 16.1 Å². The molecule has 9 aromatic carbocycles. The Hall–Kier alpha value is -6.94. The van der Waals surface area contributed by atoms with E-state index in [1.165, 1.54) is 31.3 Å². The van der Waals surface area contributed by atoms with Crippen LogP contribution in [0.5, 0.6) is 0 Å². The van der Waals surface area contributed by atoms with Crippen LogP contribution in [0.1, 0.15) is 0 Å². The zero-order chi connectivity index (χ0) is 36.3. The Morgan fingerprint density at radius 1 is 0.364 bits per heavy atom. The molecule has 0 N–H and O–H groups in total. The molecule has 11 rings (SSSR count). The summed E-state index contributed by atoms with van der Waals surface area (Å²) < 4.78 is 9.66. The lowest BCUT2D eigenvalue weighted by atomic mass is 9.93. The fourth-order valence-electron chi connectivity index (χ4n) is 8.32. The van der Waals surface area contributed by atoms with Crippen molar-refractivity contribution in [2.45, 2.75) is 0 Å². The highest BCUT2D eigenvalue weighted by atomic mass is 32.1. The average molecular weight is 720 g/mol. The Morgan fingerprint density at radius 3 is 1.65 bits per heavy atom. The van der Waals surface area contributed by atoms with E-state index in [9.17, 15) is 0 Å². The maximum absolute atomic E-state index is 7.12. The van der Waals surface area contributed by atoms with Gasteiger partial charge in [-0.3, -0.25) is 0 Å². The lowest BCUT2D eigenvalue weighted by Crippen LogP contribution is -2.10. The van der Waals surface area contributed by atoms with Crippen LogP contribution in [0.3, 0.4) is 0 Å². The molecule has 0 aliphatic rings. The fraction of sp³-hybridized carbons (Fsp3) is 0. The lowest BCUT2D eigenvalue weighted by Gasteiger charge is -2.28. The summed E-state index contributed by atoms with van der Waals surface area (Å²) in [4.78, 5) is 2.47. The van der Waals surface area contributed by atoms with Crippen molar-refractivity contribution in [1.29, 1.82) is 0 Å². The SMILES string of the molecule is c1ccc(-c2ccc(N(c3cc4c(oc5c(-c6ccccc6)ccc(-c6ccccc6)c54)c4ccccc34)c3cccc4c3sc3ccccc34)cc2)cc1. The number of anilines is 3. The minimum absolute atomic E-state index is 0.898. The van der Waals surface area contributed by atoms with Gasteiger partial charge in [0.1, 0.15) is 11.2 Å². The van der Waals surface area contributed by atoms with Crippen molar-refractivity contribution in [2.75, 3.05) is 4.90 Å². The number of hydrogen-bond acceptors (Lipinski definition) is 3. The average Bonchev–Trinajstić information content (AvgIpc) is 3.85. The first-order valence-electron chi connectivity index (χ1n) is 18.7. The van der Waals surface area contributed by atoms with Crippen LogP contribution < -0.4 is 4.90 Å². The van der Waals surface area contributed by atoms with E-state index in [1.807, 2.05) is 11.3 Å². The summed E-state index contributed by atoms with van der Waals surface area (Å²) in [6.07, 6.45) is 0. The van der Waals surface area contributed by atoms with Gasteiger partial charge in [0.25, 0.3) is 0 Å². The highest BCUT2D eigenvalue weighted by molar-refractivity contribution is 7.26. The molecule has 3 heteroatoms. The van der Waals surface area contributed by atoms with Crippen molar-refractivity contribution in [3.8, 4) is 33.4 Å². The maximum atomic E-state index is 7.12. The predicted molar refractivity (Wildman–Crippen MR) is 235 cm³/mol. The van der Waals surface area contributed by atoms with E-state index in [0.29, 0.717) is 0 Å². The number of thiophene rings is 1. The van der Waals surface area contributed by atoms with Crippen molar-refractivity contribution in [3.05, 3.63) is 200 Å². The molecule has 2 heterocycles. The molecule has 0 unspecified atom stereocenters. The molecule has 0 bridgehead atoms. The number of furan rings is 1. The topological polar surface area (TPSA) is 16.4 Å². The first kappa shape index (κ1) is 31.6. The first-order chi connectivity index (χ1) is 27.3. The second kappa shape index (κ2) is 12.9. The molecule has 55 heavy (non-hydrogen) atoms. The largest absolute Gasteiger partial charge is 0.455 e. The van der Waals surface area contributed by atoms with Crippen molar-refractivity contribution < 1.29 is 4.42 Å². The normalized spacial score (nSPS) is 11.6. The van der Waals surface area contributed by atoms with Crippen LogP contribution in [0.2, 0.25) is 0 Å². The summed E-state index contributed by atoms with van der Waals surface area (Å²) in [5.41, 5.74) is 12.1. The number of benzene rings is 9. The Bertz CT molecular complexity index is 3180. The van der Waals surface area contributed by atoms with Gasteiger partial charge in [-0.25, -0.2) is 0 Å². The third kappa shape index (κ3) is 5.16. The molecule has 0 atom stereocenters. The maximum Gasteiger partial charge on any atom is 0.143 e. The Morgan fingerprint density at radius 2 is 0.927 bits per heavy atom. The monoisotopic (exact) mass is 719 g/mol. The van der Waals surface area contributed by atoms with Gasteiger partial charge in [-0.05, 0) is 64.2 Å². The van der Waals surface area contributed by atoms with Crippen molar-refractivity contribution in [1.82, 2.24) is 0 Å². The summed E-state index contributed by atoms with van der Waals surface area (Å²) in [6.45, 7) is 0. The molecule has 11 aromatic rings. The molecular formula is C52H33NOS.